The van der Waals surface area contributed by atoms with Gasteiger partial charge < -0.3 is 24.1 Å². The summed E-state index contributed by atoms with van der Waals surface area (Å²) in [4.78, 5) is 17.5. The van der Waals surface area contributed by atoms with Crippen molar-refractivity contribution in [3.8, 4) is 17.2 Å². The van der Waals surface area contributed by atoms with E-state index in [2.05, 4.69) is 9.88 Å². The lowest BCUT2D eigenvalue weighted by atomic mass is 10.2. The zero-order valence-corrected chi connectivity index (χ0v) is 18.8. The van der Waals surface area contributed by atoms with Crippen molar-refractivity contribution >= 4 is 16.9 Å². The number of hydrogen-bond donors (Lipinski definition) is 1. The highest BCUT2D eigenvalue weighted by molar-refractivity contribution is 5.94. The molecule has 7 heteroatoms. The predicted molar refractivity (Wildman–Crippen MR) is 127 cm³/mol. The summed E-state index contributed by atoms with van der Waals surface area (Å²) in [5, 5.41) is 2.97. The molecule has 0 fully saturated rings. The number of methoxy groups -OCH3 is 2. The summed E-state index contributed by atoms with van der Waals surface area (Å²) >= 11 is 0. The van der Waals surface area contributed by atoms with Gasteiger partial charge in [0.2, 0.25) is 0 Å². The Hall–Kier alpha value is -4.00. The third kappa shape index (κ3) is 5.26. The van der Waals surface area contributed by atoms with Crippen molar-refractivity contribution in [2.45, 2.75) is 19.5 Å². The van der Waals surface area contributed by atoms with Crippen molar-refractivity contribution < 1.29 is 19.0 Å². The van der Waals surface area contributed by atoms with E-state index in [1.807, 2.05) is 54.6 Å². The summed E-state index contributed by atoms with van der Waals surface area (Å²) in [5.41, 5.74) is 2.43. The minimum atomic E-state index is -0.207. The van der Waals surface area contributed by atoms with Crippen LogP contribution in [-0.4, -0.2) is 36.3 Å². The van der Waals surface area contributed by atoms with E-state index in [0.29, 0.717) is 30.2 Å². The Morgan fingerprint density at radius 1 is 0.939 bits per heavy atom. The molecule has 0 aliphatic carbocycles. The van der Waals surface area contributed by atoms with E-state index in [-0.39, 0.29) is 5.91 Å². The maximum Gasteiger partial charge on any atom is 0.251 e. The van der Waals surface area contributed by atoms with Crippen LogP contribution in [-0.2, 0) is 13.1 Å². The van der Waals surface area contributed by atoms with Gasteiger partial charge in [-0.25, -0.2) is 4.98 Å². The average molecular weight is 446 g/mol. The number of fused-ring (bicyclic) bond motifs is 1. The summed E-state index contributed by atoms with van der Waals surface area (Å²) in [6.45, 7) is 1.63. The summed E-state index contributed by atoms with van der Waals surface area (Å²) in [7, 11) is 3.11. The Morgan fingerprint density at radius 2 is 1.70 bits per heavy atom. The van der Waals surface area contributed by atoms with Gasteiger partial charge in [0, 0.05) is 12.1 Å². The zero-order valence-electron chi connectivity index (χ0n) is 18.8. The zero-order chi connectivity index (χ0) is 23.0. The van der Waals surface area contributed by atoms with Gasteiger partial charge in [-0.1, -0.05) is 30.3 Å². The van der Waals surface area contributed by atoms with Crippen LogP contribution >= 0.6 is 0 Å². The highest BCUT2D eigenvalue weighted by Crippen LogP contribution is 2.27. The highest BCUT2D eigenvalue weighted by Gasteiger charge is 2.14. The number of ether oxygens (including phenoxy) is 3. The Bertz CT molecular complexity index is 1220. The molecule has 1 amide bonds. The second-order valence-corrected chi connectivity index (χ2v) is 7.44. The highest BCUT2D eigenvalue weighted by atomic mass is 16.5. The quantitative estimate of drug-likeness (QED) is 0.365. The van der Waals surface area contributed by atoms with Gasteiger partial charge in [0.1, 0.15) is 11.6 Å². The largest absolute Gasteiger partial charge is 0.494 e. The second-order valence-electron chi connectivity index (χ2n) is 7.44. The lowest BCUT2D eigenvalue weighted by molar-refractivity contribution is 0.0949. The number of carbonyl (C=O) groups excluding carboxylic acids is 1. The molecule has 170 valence electrons. The third-order valence-corrected chi connectivity index (χ3v) is 5.32. The van der Waals surface area contributed by atoms with Gasteiger partial charge in [-0.05, 0) is 48.9 Å². The van der Waals surface area contributed by atoms with Crippen LogP contribution in [0.4, 0.5) is 0 Å². The monoisotopic (exact) mass is 445 g/mol. The normalized spacial score (nSPS) is 10.7. The SMILES string of the molecule is COc1ccc(C(=O)NCc2nc3ccccc3n2CCCOc2ccccc2)cc1OC. The third-order valence-electron chi connectivity index (χ3n) is 5.32. The van der Waals surface area contributed by atoms with Crippen molar-refractivity contribution in [1.82, 2.24) is 14.9 Å². The molecule has 0 aliphatic rings. The molecule has 7 nitrogen and oxygen atoms in total. The van der Waals surface area contributed by atoms with Gasteiger partial charge in [0.25, 0.3) is 5.91 Å². The minimum absolute atomic E-state index is 0.207. The Balaban J connectivity index is 1.44. The summed E-state index contributed by atoms with van der Waals surface area (Å²) in [6, 6.07) is 22.8. The number of nitrogens with one attached hydrogen (secondary N) is 1. The molecule has 0 bridgehead atoms. The molecule has 0 spiro atoms. The van der Waals surface area contributed by atoms with Crippen LogP contribution in [0.1, 0.15) is 22.6 Å². The molecule has 0 atom stereocenters. The van der Waals surface area contributed by atoms with E-state index in [9.17, 15) is 4.79 Å². The Labute approximate surface area is 192 Å². The Morgan fingerprint density at radius 3 is 2.48 bits per heavy atom. The summed E-state index contributed by atoms with van der Waals surface area (Å²) in [5.74, 6) is 2.53. The second kappa shape index (κ2) is 10.5. The van der Waals surface area contributed by atoms with E-state index in [1.165, 1.54) is 0 Å². The molecule has 33 heavy (non-hydrogen) atoms. The first-order chi connectivity index (χ1) is 16.2. The van der Waals surface area contributed by atoms with Crippen LogP contribution in [0.3, 0.4) is 0 Å². The first-order valence-corrected chi connectivity index (χ1v) is 10.8. The van der Waals surface area contributed by atoms with Crippen molar-refractivity contribution in [2.75, 3.05) is 20.8 Å². The number of amides is 1. The van der Waals surface area contributed by atoms with Crippen molar-refractivity contribution in [3.05, 3.63) is 84.2 Å². The number of benzene rings is 3. The van der Waals surface area contributed by atoms with Crippen molar-refractivity contribution in [1.29, 1.82) is 0 Å². The molecule has 0 aliphatic heterocycles. The lowest BCUT2D eigenvalue weighted by Gasteiger charge is -2.12. The molecule has 0 saturated carbocycles. The van der Waals surface area contributed by atoms with Crippen LogP contribution in [0.2, 0.25) is 0 Å². The molecule has 0 unspecified atom stereocenters. The minimum Gasteiger partial charge on any atom is -0.494 e. The number of para-hydroxylation sites is 3. The molecule has 0 saturated heterocycles. The van der Waals surface area contributed by atoms with E-state index in [0.717, 1.165) is 35.6 Å². The number of rotatable bonds is 10. The number of nitrogens with zero attached hydrogens (tertiary/aromatic N) is 2. The van der Waals surface area contributed by atoms with E-state index in [1.54, 1.807) is 32.4 Å². The summed E-state index contributed by atoms with van der Waals surface area (Å²) < 4.78 is 18.5. The van der Waals surface area contributed by atoms with Crippen LogP contribution in [0.25, 0.3) is 11.0 Å². The fourth-order valence-corrected chi connectivity index (χ4v) is 3.68. The lowest BCUT2D eigenvalue weighted by Crippen LogP contribution is -2.25. The molecular weight excluding hydrogens is 418 g/mol. The van der Waals surface area contributed by atoms with Gasteiger partial charge in [-0.2, -0.15) is 0 Å². The predicted octanol–water partition coefficient (Wildman–Crippen LogP) is 4.45. The first-order valence-electron chi connectivity index (χ1n) is 10.8. The van der Waals surface area contributed by atoms with E-state index < -0.39 is 0 Å². The number of imidazole rings is 1. The van der Waals surface area contributed by atoms with Gasteiger partial charge in [-0.3, -0.25) is 4.79 Å². The fraction of sp³-hybridized carbons (Fsp3) is 0.231. The number of aromatic nitrogens is 2. The van der Waals surface area contributed by atoms with Crippen LogP contribution in [0.15, 0.2) is 72.8 Å². The Kier molecular flexibility index (Phi) is 7.09. The molecule has 4 aromatic rings. The number of hydrogen-bond acceptors (Lipinski definition) is 5. The van der Waals surface area contributed by atoms with Gasteiger partial charge in [-0.15, -0.1) is 0 Å². The molecular formula is C26H27N3O4. The molecule has 1 heterocycles. The van der Waals surface area contributed by atoms with Crippen LogP contribution in [0.5, 0.6) is 17.2 Å². The van der Waals surface area contributed by atoms with Crippen LogP contribution in [0, 0.1) is 0 Å². The van der Waals surface area contributed by atoms with E-state index in [4.69, 9.17) is 19.2 Å². The number of aryl methyl sites for hydroxylation is 1. The van der Waals surface area contributed by atoms with Crippen molar-refractivity contribution in [2.24, 2.45) is 0 Å². The standard InChI is InChI=1S/C26H27N3O4/c1-31-23-14-13-19(17-24(23)32-2)26(30)27-18-25-28-21-11-6-7-12-22(21)29(25)15-8-16-33-20-9-4-3-5-10-20/h3-7,9-14,17H,8,15-16,18H2,1-2H3,(H,27,30). The molecule has 0 radical (unpaired) electrons. The topological polar surface area (TPSA) is 74.6 Å². The molecule has 3 aromatic carbocycles. The summed E-state index contributed by atoms with van der Waals surface area (Å²) in [6.07, 6.45) is 0.811. The van der Waals surface area contributed by atoms with Crippen LogP contribution < -0.4 is 19.5 Å². The molecule has 1 N–H and O–H groups in total. The maximum absolute atomic E-state index is 12.8. The smallest absolute Gasteiger partial charge is 0.251 e. The molecule has 1 aromatic heterocycles. The fourth-order valence-electron chi connectivity index (χ4n) is 3.68. The molecule has 4 rings (SSSR count). The first kappa shape index (κ1) is 22.2. The van der Waals surface area contributed by atoms with Crippen molar-refractivity contribution in [3.63, 3.8) is 0 Å². The van der Waals surface area contributed by atoms with Gasteiger partial charge >= 0.3 is 0 Å². The van der Waals surface area contributed by atoms with Gasteiger partial charge in [0.15, 0.2) is 11.5 Å². The maximum atomic E-state index is 12.8. The van der Waals surface area contributed by atoms with E-state index >= 15 is 0 Å². The van der Waals surface area contributed by atoms with Gasteiger partial charge in [0.05, 0.1) is 38.4 Å². The average Bonchev–Trinajstić information content (AvgIpc) is 3.22. The number of carbonyl (C=O) groups is 1.